The third-order valence-corrected chi connectivity index (χ3v) is 4.29. The molecule has 0 saturated carbocycles. The van der Waals surface area contributed by atoms with Crippen molar-refractivity contribution in [3.8, 4) is 17.0 Å². The average Bonchev–Trinajstić information content (AvgIpc) is 2.62. The summed E-state index contributed by atoms with van der Waals surface area (Å²) in [6.45, 7) is 9.16. The Bertz CT molecular complexity index is 727. The molecular weight excluding hydrogens is 319 g/mol. The van der Waals surface area contributed by atoms with Gasteiger partial charge in [-0.3, -0.25) is 0 Å². The molecule has 0 saturated heterocycles. The van der Waals surface area contributed by atoms with E-state index in [1.165, 1.54) is 12.3 Å². The molecule has 0 aliphatic carbocycles. The van der Waals surface area contributed by atoms with Gasteiger partial charge in [-0.25, -0.2) is 15.0 Å². The molecule has 0 fully saturated rings. The van der Waals surface area contributed by atoms with Crippen LogP contribution in [0.5, 0.6) is 5.75 Å². The second-order valence-electron chi connectivity index (χ2n) is 5.82. The third kappa shape index (κ3) is 4.53. The fraction of sp³-hybridized carbons (Fsp3) is 0.421. The topological polar surface area (TPSA) is 61.6 Å². The highest BCUT2D eigenvalue weighted by Gasteiger charge is 2.15. The number of hydrogen-bond acceptors (Lipinski definition) is 4. The van der Waals surface area contributed by atoms with Crippen molar-refractivity contribution in [3.63, 3.8) is 0 Å². The van der Waals surface area contributed by atoms with Crippen LogP contribution in [0.1, 0.15) is 40.5 Å². The maximum atomic E-state index is 13.0. The van der Waals surface area contributed by atoms with Crippen LogP contribution in [-0.2, 0) is 0 Å². The Morgan fingerprint density at radius 3 is 2.48 bits per heavy atom. The molecule has 0 aliphatic heterocycles. The molecule has 1 N–H and O–H groups in total. The lowest BCUT2D eigenvalue weighted by Crippen LogP contribution is -2.38. The van der Waals surface area contributed by atoms with Gasteiger partial charge in [0.2, 0.25) is 5.95 Å². The van der Waals surface area contributed by atoms with E-state index < -0.39 is 5.95 Å². The first-order valence-corrected chi connectivity index (χ1v) is 8.63. The fourth-order valence-corrected chi connectivity index (χ4v) is 2.91. The Hall–Kier alpha value is -2.50. The molecular formula is C19H25FN4O. The van der Waals surface area contributed by atoms with E-state index in [-0.39, 0.29) is 11.6 Å². The second-order valence-corrected chi connectivity index (χ2v) is 5.82. The number of amidine groups is 1. The highest BCUT2D eigenvalue weighted by molar-refractivity contribution is 5.83. The van der Waals surface area contributed by atoms with Gasteiger partial charge in [0.15, 0.2) is 11.6 Å². The van der Waals surface area contributed by atoms with E-state index in [0.717, 1.165) is 25.2 Å². The van der Waals surface area contributed by atoms with Crippen molar-refractivity contribution in [2.24, 2.45) is 4.99 Å². The van der Waals surface area contributed by atoms with Crippen LogP contribution in [0.2, 0.25) is 0 Å². The molecule has 2 aromatic rings. The number of pyridine rings is 2. The summed E-state index contributed by atoms with van der Waals surface area (Å²) in [5.74, 6) is 0.538. The van der Waals surface area contributed by atoms with Gasteiger partial charge in [-0.1, -0.05) is 13.8 Å². The predicted molar refractivity (Wildman–Crippen MR) is 98.6 cm³/mol. The zero-order valence-electron chi connectivity index (χ0n) is 15.2. The highest BCUT2D eigenvalue weighted by Crippen LogP contribution is 2.28. The Morgan fingerprint density at radius 1 is 1.20 bits per heavy atom. The number of aromatic hydroxyl groups is 1. The summed E-state index contributed by atoms with van der Waals surface area (Å²) in [6, 6.07) is 6.50. The average molecular weight is 344 g/mol. The highest BCUT2D eigenvalue weighted by atomic mass is 19.1. The monoisotopic (exact) mass is 344 g/mol. The number of nitrogens with zero attached hydrogens (tertiary/aromatic N) is 4. The minimum absolute atomic E-state index is 0.0128. The first-order valence-electron chi connectivity index (χ1n) is 8.63. The Morgan fingerprint density at radius 2 is 1.92 bits per heavy atom. The normalized spacial score (nSPS) is 11.8. The molecule has 134 valence electrons. The quantitative estimate of drug-likeness (QED) is 0.474. The molecule has 2 aromatic heterocycles. The van der Waals surface area contributed by atoms with Crippen molar-refractivity contribution in [2.75, 3.05) is 6.54 Å². The van der Waals surface area contributed by atoms with Crippen molar-refractivity contribution < 1.29 is 9.50 Å². The van der Waals surface area contributed by atoms with Gasteiger partial charge in [-0.2, -0.15) is 4.39 Å². The number of aliphatic imine (C=N–C) groups is 1. The second kappa shape index (κ2) is 8.55. The molecule has 0 atom stereocenters. The van der Waals surface area contributed by atoms with Gasteiger partial charge < -0.3 is 10.0 Å². The van der Waals surface area contributed by atoms with Crippen LogP contribution >= 0.6 is 0 Å². The summed E-state index contributed by atoms with van der Waals surface area (Å²) in [7, 11) is 0. The lowest BCUT2D eigenvalue weighted by molar-refractivity contribution is 0.305. The molecule has 0 spiro atoms. The smallest absolute Gasteiger partial charge is 0.212 e. The largest absolute Gasteiger partial charge is 0.504 e. The van der Waals surface area contributed by atoms with Gasteiger partial charge in [0.25, 0.3) is 0 Å². The van der Waals surface area contributed by atoms with E-state index in [9.17, 15) is 9.50 Å². The van der Waals surface area contributed by atoms with Crippen LogP contribution in [0.25, 0.3) is 11.3 Å². The number of rotatable bonds is 6. The SMILES string of the molecule is CCC(CC)N(CC)/C(C)=N/c1nc(-c2ccc(F)nc2)ccc1O. The van der Waals surface area contributed by atoms with Gasteiger partial charge in [0.05, 0.1) is 5.69 Å². The summed E-state index contributed by atoms with van der Waals surface area (Å²) in [4.78, 5) is 14.8. The first kappa shape index (κ1) is 18.8. The number of halogens is 1. The maximum Gasteiger partial charge on any atom is 0.212 e. The summed E-state index contributed by atoms with van der Waals surface area (Å²) in [5, 5.41) is 10.1. The summed E-state index contributed by atoms with van der Waals surface area (Å²) >= 11 is 0. The predicted octanol–water partition coefficient (Wildman–Crippen LogP) is 4.55. The van der Waals surface area contributed by atoms with Crippen molar-refractivity contribution >= 4 is 11.7 Å². The van der Waals surface area contributed by atoms with E-state index in [4.69, 9.17) is 0 Å². The summed E-state index contributed by atoms with van der Waals surface area (Å²) in [6.07, 6.45) is 3.47. The maximum absolute atomic E-state index is 13.0. The molecule has 2 rings (SSSR count). The summed E-state index contributed by atoms with van der Waals surface area (Å²) in [5.41, 5.74) is 1.25. The molecule has 2 heterocycles. The molecule has 5 nitrogen and oxygen atoms in total. The molecule has 0 aliphatic rings. The number of hydrogen-bond donors (Lipinski definition) is 1. The Balaban J connectivity index is 2.37. The van der Waals surface area contributed by atoms with E-state index in [1.807, 2.05) is 6.92 Å². The molecule has 25 heavy (non-hydrogen) atoms. The summed E-state index contributed by atoms with van der Waals surface area (Å²) < 4.78 is 13.0. The molecule has 0 aromatic carbocycles. The Kier molecular flexibility index (Phi) is 6.44. The third-order valence-electron chi connectivity index (χ3n) is 4.29. The zero-order valence-corrected chi connectivity index (χ0v) is 15.2. The fourth-order valence-electron chi connectivity index (χ4n) is 2.91. The van der Waals surface area contributed by atoms with Crippen LogP contribution in [0.15, 0.2) is 35.5 Å². The minimum atomic E-state index is -0.541. The van der Waals surface area contributed by atoms with Crippen molar-refractivity contribution in [3.05, 3.63) is 36.4 Å². The van der Waals surface area contributed by atoms with Gasteiger partial charge in [0.1, 0.15) is 5.84 Å². The van der Waals surface area contributed by atoms with Crippen LogP contribution in [0.3, 0.4) is 0 Å². The van der Waals surface area contributed by atoms with E-state index in [1.54, 1.807) is 18.2 Å². The molecule has 0 unspecified atom stereocenters. The standard InChI is InChI=1S/C19H25FN4O/c1-5-15(6-2)24(7-3)13(4)22-19-17(25)10-9-16(23-19)14-8-11-18(20)21-12-14/h8-12,15,25H,5-7H2,1-4H3/b22-13+. The molecule has 6 heteroatoms. The van der Waals surface area contributed by atoms with Gasteiger partial charge in [-0.15, -0.1) is 0 Å². The van der Waals surface area contributed by atoms with E-state index in [0.29, 0.717) is 17.3 Å². The van der Waals surface area contributed by atoms with Gasteiger partial charge in [-0.05, 0) is 51.0 Å². The molecule has 0 radical (unpaired) electrons. The van der Waals surface area contributed by atoms with Crippen molar-refractivity contribution in [1.29, 1.82) is 0 Å². The Labute approximate surface area is 148 Å². The minimum Gasteiger partial charge on any atom is -0.504 e. The van der Waals surface area contributed by atoms with E-state index in [2.05, 4.69) is 40.6 Å². The zero-order chi connectivity index (χ0) is 18.4. The van der Waals surface area contributed by atoms with Crippen molar-refractivity contribution in [2.45, 2.75) is 46.6 Å². The van der Waals surface area contributed by atoms with Crippen LogP contribution < -0.4 is 0 Å². The lowest BCUT2D eigenvalue weighted by Gasteiger charge is -2.31. The van der Waals surface area contributed by atoms with E-state index >= 15 is 0 Å². The van der Waals surface area contributed by atoms with Gasteiger partial charge in [0, 0.05) is 24.3 Å². The first-order chi connectivity index (χ1) is 12.0. The van der Waals surface area contributed by atoms with Crippen LogP contribution in [0, 0.1) is 5.95 Å². The van der Waals surface area contributed by atoms with Crippen LogP contribution in [0.4, 0.5) is 10.2 Å². The van der Waals surface area contributed by atoms with Crippen molar-refractivity contribution in [1.82, 2.24) is 14.9 Å². The molecule has 0 amide bonds. The number of aromatic nitrogens is 2. The molecule has 0 bridgehead atoms. The van der Waals surface area contributed by atoms with Gasteiger partial charge >= 0.3 is 0 Å². The lowest BCUT2D eigenvalue weighted by atomic mass is 10.1. The van der Waals surface area contributed by atoms with Crippen LogP contribution in [-0.4, -0.2) is 38.4 Å².